The number of hydrogen-bond donors (Lipinski definition) is 1. The van der Waals surface area contributed by atoms with E-state index >= 15 is 0 Å². The molecule has 4 nitrogen and oxygen atoms in total. The lowest BCUT2D eigenvalue weighted by Crippen LogP contribution is -1.94. The molecule has 0 aliphatic heterocycles. The van der Waals surface area contributed by atoms with Crippen LogP contribution in [0.15, 0.2) is 30.5 Å². The highest BCUT2D eigenvalue weighted by Crippen LogP contribution is 2.35. The molecule has 0 fully saturated rings. The Labute approximate surface area is 110 Å². The highest BCUT2D eigenvalue weighted by atomic mass is 35.5. The van der Waals surface area contributed by atoms with Crippen molar-refractivity contribution in [3.05, 3.63) is 35.5 Å². The van der Waals surface area contributed by atoms with Crippen LogP contribution in [0.4, 0.5) is 5.82 Å². The molecular formula is C13H13ClN4. The predicted octanol–water partition coefficient (Wildman–Crippen LogP) is 2.81. The molecule has 2 aromatic heterocycles. The molecule has 92 valence electrons. The summed E-state index contributed by atoms with van der Waals surface area (Å²) in [5.41, 5.74) is 8.84. The van der Waals surface area contributed by atoms with E-state index in [0.717, 1.165) is 27.2 Å². The molecule has 2 N–H and O–H groups in total. The van der Waals surface area contributed by atoms with Crippen molar-refractivity contribution in [1.82, 2.24) is 14.3 Å². The van der Waals surface area contributed by atoms with Crippen LogP contribution in [-0.2, 0) is 14.1 Å². The Morgan fingerprint density at radius 2 is 2.06 bits per heavy atom. The molecule has 18 heavy (non-hydrogen) atoms. The molecular weight excluding hydrogens is 248 g/mol. The number of nitrogen functional groups attached to an aromatic ring is 1. The second-order valence-corrected chi connectivity index (χ2v) is 4.77. The summed E-state index contributed by atoms with van der Waals surface area (Å²) < 4.78 is 3.83. The first-order chi connectivity index (χ1) is 8.58. The van der Waals surface area contributed by atoms with Gasteiger partial charge in [0.15, 0.2) is 0 Å². The molecule has 0 saturated carbocycles. The molecule has 0 radical (unpaired) electrons. The van der Waals surface area contributed by atoms with Gasteiger partial charge < -0.3 is 10.3 Å². The minimum atomic E-state index is 0.511. The van der Waals surface area contributed by atoms with E-state index in [1.165, 1.54) is 0 Å². The minimum absolute atomic E-state index is 0.511. The Morgan fingerprint density at radius 1 is 1.28 bits per heavy atom. The fourth-order valence-electron chi connectivity index (χ4n) is 2.34. The van der Waals surface area contributed by atoms with E-state index in [2.05, 4.69) is 9.67 Å². The van der Waals surface area contributed by atoms with E-state index in [0.29, 0.717) is 5.82 Å². The van der Waals surface area contributed by atoms with Gasteiger partial charge in [-0.2, -0.15) is 5.10 Å². The number of rotatable bonds is 1. The van der Waals surface area contributed by atoms with Crippen molar-refractivity contribution in [2.75, 3.05) is 5.73 Å². The summed E-state index contributed by atoms with van der Waals surface area (Å²) in [6, 6.07) is 7.75. The second kappa shape index (κ2) is 3.78. The minimum Gasteiger partial charge on any atom is -0.382 e. The van der Waals surface area contributed by atoms with E-state index in [4.69, 9.17) is 17.3 Å². The molecule has 0 spiro atoms. The van der Waals surface area contributed by atoms with Gasteiger partial charge in [0.1, 0.15) is 5.82 Å². The number of anilines is 1. The van der Waals surface area contributed by atoms with Crippen molar-refractivity contribution in [3.8, 4) is 11.3 Å². The molecule has 0 aliphatic rings. The molecule has 0 saturated heterocycles. The predicted molar refractivity (Wildman–Crippen MR) is 74.5 cm³/mol. The number of aromatic nitrogens is 3. The SMILES string of the molecule is Cn1nc(N)cc1-c1cn(C)c2cccc(Cl)c12. The van der Waals surface area contributed by atoms with Crippen molar-refractivity contribution in [3.63, 3.8) is 0 Å². The molecule has 1 aromatic carbocycles. The fourth-order valence-corrected chi connectivity index (χ4v) is 2.61. The van der Waals surface area contributed by atoms with Gasteiger partial charge in [0, 0.05) is 42.8 Å². The van der Waals surface area contributed by atoms with Crippen LogP contribution < -0.4 is 5.73 Å². The third-order valence-electron chi connectivity index (χ3n) is 3.14. The van der Waals surface area contributed by atoms with Crippen LogP contribution in [0.25, 0.3) is 22.2 Å². The number of aryl methyl sites for hydroxylation is 2. The lowest BCUT2D eigenvalue weighted by molar-refractivity contribution is 0.780. The molecule has 0 aliphatic carbocycles. The zero-order valence-corrected chi connectivity index (χ0v) is 10.9. The van der Waals surface area contributed by atoms with Gasteiger partial charge in [-0.15, -0.1) is 0 Å². The third-order valence-corrected chi connectivity index (χ3v) is 3.45. The summed E-state index contributed by atoms with van der Waals surface area (Å²) in [5, 5.41) is 5.95. The third kappa shape index (κ3) is 1.49. The monoisotopic (exact) mass is 260 g/mol. The average molecular weight is 261 g/mol. The van der Waals surface area contributed by atoms with E-state index in [1.807, 2.05) is 44.6 Å². The van der Waals surface area contributed by atoms with Gasteiger partial charge in [0.05, 0.1) is 10.7 Å². The van der Waals surface area contributed by atoms with Crippen LogP contribution in [0, 0.1) is 0 Å². The number of nitrogens with two attached hydrogens (primary N) is 1. The molecule has 0 atom stereocenters. The summed E-state index contributed by atoms with van der Waals surface area (Å²) in [4.78, 5) is 0. The molecule has 3 aromatic rings. The maximum atomic E-state index is 6.31. The maximum Gasteiger partial charge on any atom is 0.146 e. The Kier molecular flexibility index (Phi) is 2.35. The van der Waals surface area contributed by atoms with Crippen molar-refractivity contribution < 1.29 is 0 Å². The Morgan fingerprint density at radius 3 is 2.72 bits per heavy atom. The van der Waals surface area contributed by atoms with Crippen LogP contribution >= 0.6 is 11.6 Å². The summed E-state index contributed by atoms with van der Waals surface area (Å²) in [5.74, 6) is 0.511. The quantitative estimate of drug-likeness (QED) is 0.731. The summed E-state index contributed by atoms with van der Waals surface area (Å²) in [7, 11) is 3.88. The van der Waals surface area contributed by atoms with Crippen LogP contribution in [0.1, 0.15) is 0 Å². The number of nitrogens with zero attached hydrogens (tertiary/aromatic N) is 3. The van der Waals surface area contributed by atoms with Gasteiger partial charge in [-0.05, 0) is 12.1 Å². The number of hydrogen-bond acceptors (Lipinski definition) is 2. The van der Waals surface area contributed by atoms with Crippen molar-refractivity contribution in [1.29, 1.82) is 0 Å². The Bertz CT molecular complexity index is 739. The zero-order chi connectivity index (χ0) is 12.9. The van der Waals surface area contributed by atoms with Crippen molar-refractivity contribution >= 4 is 28.3 Å². The number of benzene rings is 1. The normalized spacial score (nSPS) is 11.3. The topological polar surface area (TPSA) is 48.8 Å². The first-order valence-electron chi connectivity index (χ1n) is 5.61. The highest BCUT2D eigenvalue weighted by molar-refractivity contribution is 6.36. The summed E-state index contributed by atoms with van der Waals surface area (Å²) >= 11 is 6.31. The maximum absolute atomic E-state index is 6.31. The highest BCUT2D eigenvalue weighted by Gasteiger charge is 2.14. The van der Waals surface area contributed by atoms with E-state index in [-0.39, 0.29) is 0 Å². The second-order valence-electron chi connectivity index (χ2n) is 4.37. The molecule has 3 rings (SSSR count). The molecule has 2 heterocycles. The summed E-state index contributed by atoms with van der Waals surface area (Å²) in [6.45, 7) is 0. The Hall–Kier alpha value is -1.94. The van der Waals surface area contributed by atoms with Gasteiger partial charge in [-0.25, -0.2) is 0 Å². The van der Waals surface area contributed by atoms with E-state index in [9.17, 15) is 0 Å². The van der Waals surface area contributed by atoms with Crippen LogP contribution in [-0.4, -0.2) is 14.3 Å². The van der Waals surface area contributed by atoms with Gasteiger partial charge in [0.25, 0.3) is 0 Å². The summed E-state index contributed by atoms with van der Waals surface area (Å²) in [6.07, 6.45) is 2.05. The fraction of sp³-hybridized carbons (Fsp3) is 0.154. The van der Waals surface area contributed by atoms with Crippen molar-refractivity contribution in [2.45, 2.75) is 0 Å². The van der Waals surface area contributed by atoms with Gasteiger partial charge in [0.2, 0.25) is 0 Å². The van der Waals surface area contributed by atoms with E-state index < -0.39 is 0 Å². The Balaban J connectivity index is 2.40. The first-order valence-corrected chi connectivity index (χ1v) is 5.99. The standard InChI is InChI=1S/C13H13ClN4/c1-17-7-8(11-6-12(15)16-18(11)2)13-9(14)4-3-5-10(13)17/h3-7H,1-2H3,(H2,15,16). The largest absolute Gasteiger partial charge is 0.382 e. The smallest absolute Gasteiger partial charge is 0.146 e. The van der Waals surface area contributed by atoms with Gasteiger partial charge >= 0.3 is 0 Å². The molecule has 0 bridgehead atoms. The zero-order valence-electron chi connectivity index (χ0n) is 10.2. The molecule has 5 heteroatoms. The first kappa shape index (κ1) is 11.2. The van der Waals surface area contributed by atoms with E-state index in [1.54, 1.807) is 4.68 Å². The van der Waals surface area contributed by atoms with Gasteiger partial charge in [-0.3, -0.25) is 4.68 Å². The lowest BCUT2D eigenvalue weighted by atomic mass is 10.1. The molecule has 0 unspecified atom stereocenters. The number of fused-ring (bicyclic) bond motifs is 1. The molecule has 0 amide bonds. The van der Waals surface area contributed by atoms with Crippen LogP contribution in [0.3, 0.4) is 0 Å². The van der Waals surface area contributed by atoms with Gasteiger partial charge in [-0.1, -0.05) is 17.7 Å². The van der Waals surface area contributed by atoms with Crippen LogP contribution in [0.5, 0.6) is 0 Å². The average Bonchev–Trinajstić information content (AvgIpc) is 2.81. The number of halogens is 1. The van der Waals surface area contributed by atoms with Crippen molar-refractivity contribution in [2.24, 2.45) is 14.1 Å². The lowest BCUT2D eigenvalue weighted by Gasteiger charge is -2.01. The van der Waals surface area contributed by atoms with Crippen LogP contribution in [0.2, 0.25) is 5.02 Å².